The number of anilines is 3. The van der Waals surface area contributed by atoms with E-state index in [9.17, 15) is 4.39 Å². The van der Waals surface area contributed by atoms with Crippen LogP contribution in [0.25, 0.3) is 0 Å². The third kappa shape index (κ3) is 3.69. The van der Waals surface area contributed by atoms with Crippen LogP contribution >= 0.6 is 34.4 Å². The van der Waals surface area contributed by atoms with Gasteiger partial charge in [-0.25, -0.2) is 14.4 Å². The lowest BCUT2D eigenvalue weighted by Gasteiger charge is -2.10. The summed E-state index contributed by atoms with van der Waals surface area (Å²) < 4.78 is 13.9. The van der Waals surface area contributed by atoms with Crippen LogP contribution in [0.5, 0.6) is 0 Å². The Morgan fingerprint density at radius 1 is 1.21 bits per heavy atom. The van der Waals surface area contributed by atoms with E-state index in [4.69, 9.17) is 0 Å². The van der Waals surface area contributed by atoms with E-state index in [0.29, 0.717) is 11.0 Å². The van der Waals surface area contributed by atoms with Crippen molar-refractivity contribution in [1.29, 1.82) is 0 Å². The van der Waals surface area contributed by atoms with Gasteiger partial charge in [0.15, 0.2) is 5.16 Å². The van der Waals surface area contributed by atoms with Crippen molar-refractivity contribution in [2.75, 3.05) is 23.9 Å². The predicted octanol–water partition coefficient (Wildman–Crippen LogP) is 3.73. The second-order valence-corrected chi connectivity index (χ2v) is 5.56. The lowest BCUT2D eigenvalue weighted by atomic mass is 10.3. The molecule has 0 spiro atoms. The highest BCUT2D eigenvalue weighted by Crippen LogP contribution is 2.24. The number of halogens is 2. The minimum Gasteiger partial charge on any atom is -0.373 e. The monoisotopic (exact) mass is 390 g/mol. The van der Waals surface area contributed by atoms with Crippen molar-refractivity contribution < 1.29 is 4.39 Å². The Labute approximate surface area is 128 Å². The molecule has 2 rings (SSSR count). The van der Waals surface area contributed by atoms with Gasteiger partial charge in [-0.05, 0) is 47.0 Å². The molecular formula is C12H12FIN4S. The summed E-state index contributed by atoms with van der Waals surface area (Å²) in [5.41, 5.74) is 0.815. The number of benzene rings is 1. The summed E-state index contributed by atoms with van der Waals surface area (Å²) in [6.07, 6.45) is 1.92. The number of rotatable bonds is 4. The minimum absolute atomic E-state index is 0.252. The fraction of sp³-hybridized carbons (Fsp3) is 0.167. The highest BCUT2D eigenvalue weighted by Gasteiger charge is 2.06. The molecule has 2 N–H and O–H groups in total. The summed E-state index contributed by atoms with van der Waals surface area (Å²) in [6.45, 7) is 0. The van der Waals surface area contributed by atoms with Gasteiger partial charge in [-0.3, -0.25) is 0 Å². The predicted molar refractivity (Wildman–Crippen MR) is 85.8 cm³/mol. The van der Waals surface area contributed by atoms with Crippen LogP contribution in [0, 0.1) is 9.39 Å². The molecule has 0 fully saturated rings. The van der Waals surface area contributed by atoms with Crippen molar-refractivity contribution in [3.63, 3.8) is 0 Å². The van der Waals surface area contributed by atoms with Crippen LogP contribution in [-0.2, 0) is 0 Å². The standard InChI is InChI=1S/C12H12FIN4S/c1-15-10-6-11(18-12(17-10)19-2)16-9-4-3-7(13)5-8(9)14/h3-6H,1-2H3,(H2,15,16,17,18). The number of hydrogen-bond donors (Lipinski definition) is 2. The fourth-order valence-corrected chi connectivity index (χ4v) is 2.43. The molecule has 1 aromatic heterocycles. The van der Waals surface area contributed by atoms with Gasteiger partial charge in [0, 0.05) is 16.7 Å². The van der Waals surface area contributed by atoms with Gasteiger partial charge in [-0.1, -0.05) is 11.8 Å². The quantitative estimate of drug-likeness (QED) is 0.474. The molecule has 0 bridgehead atoms. The van der Waals surface area contributed by atoms with E-state index in [1.54, 1.807) is 19.2 Å². The third-order valence-electron chi connectivity index (χ3n) is 2.34. The van der Waals surface area contributed by atoms with Crippen molar-refractivity contribution in [1.82, 2.24) is 9.97 Å². The van der Waals surface area contributed by atoms with E-state index in [0.717, 1.165) is 15.1 Å². The molecule has 19 heavy (non-hydrogen) atoms. The van der Waals surface area contributed by atoms with Crippen LogP contribution in [0.15, 0.2) is 29.4 Å². The number of nitrogens with zero attached hydrogens (tertiary/aromatic N) is 2. The molecule has 1 aromatic carbocycles. The molecule has 0 saturated heterocycles. The summed E-state index contributed by atoms with van der Waals surface area (Å²) in [6, 6.07) is 6.38. The molecule has 0 aliphatic carbocycles. The molecular weight excluding hydrogens is 378 g/mol. The van der Waals surface area contributed by atoms with Crippen LogP contribution in [0.2, 0.25) is 0 Å². The Morgan fingerprint density at radius 3 is 2.58 bits per heavy atom. The molecule has 0 aliphatic heterocycles. The van der Waals surface area contributed by atoms with Gasteiger partial charge in [-0.2, -0.15) is 0 Å². The Kier molecular flexibility index (Phi) is 4.81. The van der Waals surface area contributed by atoms with Crippen LogP contribution in [0.1, 0.15) is 0 Å². The van der Waals surface area contributed by atoms with Gasteiger partial charge in [0.25, 0.3) is 0 Å². The average Bonchev–Trinajstić information content (AvgIpc) is 2.41. The first-order valence-corrected chi connectivity index (χ1v) is 7.75. The van der Waals surface area contributed by atoms with E-state index in [1.807, 2.05) is 6.26 Å². The van der Waals surface area contributed by atoms with E-state index in [2.05, 4.69) is 43.2 Å². The Morgan fingerprint density at radius 2 is 1.95 bits per heavy atom. The molecule has 0 unspecified atom stereocenters. The number of aromatic nitrogens is 2. The van der Waals surface area contributed by atoms with Gasteiger partial charge in [0.05, 0.1) is 5.69 Å². The Balaban J connectivity index is 2.31. The zero-order valence-corrected chi connectivity index (χ0v) is 13.3. The van der Waals surface area contributed by atoms with Crippen LogP contribution in [0.3, 0.4) is 0 Å². The zero-order valence-electron chi connectivity index (χ0n) is 10.4. The highest BCUT2D eigenvalue weighted by atomic mass is 127. The number of thioether (sulfide) groups is 1. The summed E-state index contributed by atoms with van der Waals surface area (Å²) >= 11 is 3.55. The van der Waals surface area contributed by atoms with Crippen molar-refractivity contribution in [2.24, 2.45) is 0 Å². The molecule has 0 radical (unpaired) electrons. The van der Waals surface area contributed by atoms with Crippen molar-refractivity contribution in [2.45, 2.75) is 5.16 Å². The Bertz CT molecular complexity index is 572. The van der Waals surface area contributed by atoms with E-state index < -0.39 is 0 Å². The van der Waals surface area contributed by atoms with Crippen molar-refractivity contribution >= 4 is 51.7 Å². The van der Waals surface area contributed by atoms with Gasteiger partial charge < -0.3 is 10.6 Å². The molecule has 0 aliphatic rings. The molecule has 0 amide bonds. The largest absolute Gasteiger partial charge is 0.373 e. The van der Waals surface area contributed by atoms with E-state index in [-0.39, 0.29) is 5.82 Å². The molecule has 0 saturated carbocycles. The highest BCUT2D eigenvalue weighted by molar-refractivity contribution is 14.1. The maximum Gasteiger partial charge on any atom is 0.191 e. The van der Waals surface area contributed by atoms with Crippen molar-refractivity contribution in [3.05, 3.63) is 33.7 Å². The molecule has 7 heteroatoms. The fourth-order valence-electron chi connectivity index (χ4n) is 1.44. The van der Waals surface area contributed by atoms with E-state index >= 15 is 0 Å². The third-order valence-corrected chi connectivity index (χ3v) is 3.78. The lowest BCUT2D eigenvalue weighted by Crippen LogP contribution is -2.01. The first kappa shape index (κ1) is 14.3. The summed E-state index contributed by atoms with van der Waals surface area (Å²) in [5.74, 6) is 1.16. The van der Waals surface area contributed by atoms with Gasteiger partial charge >= 0.3 is 0 Å². The molecule has 1 heterocycles. The Hall–Kier alpha value is -1.09. The second kappa shape index (κ2) is 6.38. The number of nitrogens with one attached hydrogen (secondary N) is 2. The summed E-state index contributed by atoms with van der Waals surface area (Å²) in [7, 11) is 1.80. The first-order valence-electron chi connectivity index (χ1n) is 5.45. The lowest BCUT2D eigenvalue weighted by molar-refractivity contribution is 0.627. The molecule has 0 atom stereocenters. The van der Waals surface area contributed by atoms with Crippen LogP contribution in [-0.4, -0.2) is 23.3 Å². The smallest absolute Gasteiger partial charge is 0.191 e. The summed E-state index contributed by atoms with van der Waals surface area (Å²) in [5, 5.41) is 6.83. The van der Waals surface area contributed by atoms with Gasteiger partial charge in [-0.15, -0.1) is 0 Å². The van der Waals surface area contributed by atoms with Gasteiger partial charge in [0.2, 0.25) is 0 Å². The average molecular weight is 390 g/mol. The van der Waals surface area contributed by atoms with Gasteiger partial charge in [0.1, 0.15) is 17.5 Å². The molecule has 4 nitrogen and oxygen atoms in total. The topological polar surface area (TPSA) is 49.8 Å². The number of hydrogen-bond acceptors (Lipinski definition) is 5. The summed E-state index contributed by atoms with van der Waals surface area (Å²) in [4.78, 5) is 8.65. The SMILES string of the molecule is CNc1cc(Nc2ccc(F)cc2I)nc(SC)n1. The first-order chi connectivity index (χ1) is 9.12. The molecule has 100 valence electrons. The minimum atomic E-state index is -0.252. The maximum absolute atomic E-state index is 13.1. The van der Waals surface area contributed by atoms with Crippen LogP contribution in [0.4, 0.5) is 21.7 Å². The second-order valence-electron chi connectivity index (χ2n) is 3.62. The normalized spacial score (nSPS) is 10.3. The molecule has 2 aromatic rings. The van der Waals surface area contributed by atoms with Crippen LogP contribution < -0.4 is 10.6 Å². The van der Waals surface area contributed by atoms with E-state index in [1.165, 1.54) is 23.9 Å². The zero-order chi connectivity index (χ0) is 13.8. The maximum atomic E-state index is 13.1. The van der Waals surface area contributed by atoms with Crippen molar-refractivity contribution in [3.8, 4) is 0 Å².